The number of aromatic nitrogens is 2. The van der Waals surface area contributed by atoms with Gasteiger partial charge in [-0.3, -0.25) is 14.4 Å². The highest BCUT2D eigenvalue weighted by Gasteiger charge is 2.19. The van der Waals surface area contributed by atoms with Gasteiger partial charge < -0.3 is 24.7 Å². The molecule has 0 unspecified atom stereocenters. The third kappa shape index (κ3) is 7.71. The van der Waals surface area contributed by atoms with Crippen LogP contribution in [0.2, 0.25) is 10.0 Å². The van der Waals surface area contributed by atoms with Crippen molar-refractivity contribution in [1.29, 1.82) is 0 Å². The first-order chi connectivity index (χ1) is 22.1. The van der Waals surface area contributed by atoms with Gasteiger partial charge in [-0.05, 0) is 55.0 Å². The number of pyridine rings is 1. The van der Waals surface area contributed by atoms with Crippen LogP contribution in [-0.4, -0.2) is 41.3 Å². The van der Waals surface area contributed by atoms with Crippen LogP contribution >= 0.6 is 23.2 Å². The van der Waals surface area contributed by atoms with Crippen molar-refractivity contribution in [2.45, 2.75) is 20.5 Å². The van der Waals surface area contributed by atoms with Crippen LogP contribution in [0, 0.1) is 13.8 Å². The van der Waals surface area contributed by atoms with E-state index in [4.69, 9.17) is 32.4 Å². The Balaban J connectivity index is 1.16. The molecule has 0 saturated heterocycles. The number of halogens is 2. The molecule has 234 valence electrons. The predicted octanol–water partition coefficient (Wildman–Crippen LogP) is 6.77. The highest BCUT2D eigenvalue weighted by molar-refractivity contribution is 6.38. The Labute approximate surface area is 275 Å². The van der Waals surface area contributed by atoms with Crippen molar-refractivity contribution >= 4 is 69.3 Å². The fraction of sp³-hybridized carbons (Fsp3) is 0.147. The van der Waals surface area contributed by atoms with E-state index < -0.39 is 17.7 Å². The number of carbonyl (C=O) groups excluding carboxylic acids is 3. The van der Waals surface area contributed by atoms with Crippen molar-refractivity contribution in [3.63, 3.8) is 0 Å². The van der Waals surface area contributed by atoms with Gasteiger partial charge in [0.1, 0.15) is 24.1 Å². The Morgan fingerprint density at radius 1 is 0.978 bits per heavy atom. The van der Waals surface area contributed by atoms with Crippen LogP contribution < -0.4 is 20.3 Å². The SMILES string of the molecule is Cc1ccc2cccc(OCc3c(Cl)ccc(N(C)C(=O)CNC(=O)/C=C/c4ccc(NC(=O)c5coc(C)n5)cc4)c3Cl)c2n1. The second kappa shape index (κ2) is 14.3. The number of rotatable bonds is 10. The van der Waals surface area contributed by atoms with Crippen molar-refractivity contribution in [3.05, 3.63) is 118 Å². The number of likely N-dealkylation sites (N-methyl/N-ethyl adjacent to an activating group) is 1. The zero-order chi connectivity index (χ0) is 32.8. The highest BCUT2D eigenvalue weighted by Crippen LogP contribution is 2.35. The average molecular weight is 659 g/mol. The summed E-state index contributed by atoms with van der Waals surface area (Å²) in [5.41, 5.74) is 3.95. The van der Waals surface area contributed by atoms with E-state index >= 15 is 0 Å². The number of nitrogens with zero attached hydrogens (tertiary/aromatic N) is 3. The molecule has 10 nitrogen and oxygen atoms in total. The van der Waals surface area contributed by atoms with Crippen molar-refractivity contribution in [2.75, 3.05) is 23.8 Å². The summed E-state index contributed by atoms with van der Waals surface area (Å²) in [6.45, 7) is 3.35. The number of hydrogen-bond acceptors (Lipinski definition) is 7. The van der Waals surface area contributed by atoms with Gasteiger partial charge in [-0.1, -0.05) is 53.5 Å². The Morgan fingerprint density at radius 2 is 1.76 bits per heavy atom. The first-order valence-corrected chi connectivity index (χ1v) is 14.9. The fourth-order valence-electron chi connectivity index (χ4n) is 4.45. The van der Waals surface area contributed by atoms with E-state index in [9.17, 15) is 14.4 Å². The van der Waals surface area contributed by atoms with Crippen molar-refractivity contribution in [2.24, 2.45) is 0 Å². The van der Waals surface area contributed by atoms with Gasteiger partial charge in [0.25, 0.3) is 5.91 Å². The molecule has 0 saturated carbocycles. The standard InChI is InChI=1S/C34H29Cl2N5O5/c1-20-7-11-23-5-4-6-29(33(23)38-20)46-18-25-26(35)14-15-28(32(25)36)41(3)31(43)17-37-30(42)16-10-22-8-12-24(13-9-22)40-34(44)27-19-45-21(2)39-27/h4-16,19H,17-18H2,1-3H3,(H,37,42)(H,40,44)/b16-10+. The first-order valence-electron chi connectivity index (χ1n) is 14.1. The Hall–Kier alpha value is -5.19. The summed E-state index contributed by atoms with van der Waals surface area (Å²) in [5.74, 6) is -0.275. The van der Waals surface area contributed by atoms with E-state index in [1.807, 2.05) is 37.3 Å². The molecule has 2 heterocycles. The molecule has 2 aromatic heterocycles. The monoisotopic (exact) mass is 657 g/mol. The summed E-state index contributed by atoms with van der Waals surface area (Å²) in [6, 6.07) is 19.7. The molecule has 3 aromatic carbocycles. The number of oxazole rings is 1. The number of benzene rings is 3. The number of ether oxygens (including phenoxy) is 1. The second-order valence-corrected chi connectivity index (χ2v) is 11.0. The zero-order valence-electron chi connectivity index (χ0n) is 25.1. The van der Waals surface area contributed by atoms with Gasteiger partial charge in [-0.2, -0.15) is 0 Å². The number of hydrogen-bond donors (Lipinski definition) is 2. The van der Waals surface area contributed by atoms with Crippen molar-refractivity contribution < 1.29 is 23.5 Å². The lowest BCUT2D eigenvalue weighted by molar-refractivity contribution is -0.122. The van der Waals surface area contributed by atoms with Crippen LogP contribution in [0.15, 0.2) is 83.5 Å². The smallest absolute Gasteiger partial charge is 0.277 e. The first kappa shape index (κ1) is 32.2. The second-order valence-electron chi connectivity index (χ2n) is 10.3. The predicted molar refractivity (Wildman–Crippen MR) is 178 cm³/mol. The molecule has 46 heavy (non-hydrogen) atoms. The molecule has 5 aromatic rings. The maximum Gasteiger partial charge on any atom is 0.277 e. The quantitative estimate of drug-likeness (QED) is 0.159. The lowest BCUT2D eigenvalue weighted by Gasteiger charge is -2.21. The molecule has 0 bridgehead atoms. The minimum absolute atomic E-state index is 0.0540. The van der Waals surface area contributed by atoms with Gasteiger partial charge in [0.15, 0.2) is 11.6 Å². The molecule has 0 aliphatic carbocycles. The highest BCUT2D eigenvalue weighted by atomic mass is 35.5. The topological polar surface area (TPSA) is 127 Å². The van der Waals surface area contributed by atoms with Gasteiger partial charge in [0.2, 0.25) is 11.8 Å². The number of carbonyl (C=O) groups is 3. The van der Waals surface area contributed by atoms with Gasteiger partial charge in [-0.25, -0.2) is 9.97 Å². The Kier molecular flexibility index (Phi) is 10.00. The summed E-state index contributed by atoms with van der Waals surface area (Å²) >= 11 is 13.2. The van der Waals surface area contributed by atoms with Gasteiger partial charge in [-0.15, -0.1) is 0 Å². The van der Waals surface area contributed by atoms with E-state index in [1.54, 1.807) is 56.4 Å². The number of fused-ring (bicyclic) bond motifs is 1. The molecule has 0 fully saturated rings. The van der Waals surface area contributed by atoms with Crippen molar-refractivity contribution in [1.82, 2.24) is 15.3 Å². The third-order valence-electron chi connectivity index (χ3n) is 6.96. The summed E-state index contributed by atoms with van der Waals surface area (Å²) in [6.07, 6.45) is 4.19. The summed E-state index contributed by atoms with van der Waals surface area (Å²) < 4.78 is 11.1. The minimum atomic E-state index is -0.462. The lowest BCUT2D eigenvalue weighted by Crippen LogP contribution is -2.37. The van der Waals surface area contributed by atoms with E-state index in [2.05, 4.69) is 20.6 Å². The summed E-state index contributed by atoms with van der Waals surface area (Å²) in [7, 11) is 1.56. The van der Waals surface area contributed by atoms with E-state index in [0.717, 1.165) is 16.6 Å². The largest absolute Gasteiger partial charge is 0.487 e. The molecule has 0 aliphatic heterocycles. The van der Waals surface area contributed by atoms with Crippen LogP contribution in [0.4, 0.5) is 11.4 Å². The fourth-order valence-corrected chi connectivity index (χ4v) is 5.05. The normalized spacial score (nSPS) is 11.1. The van der Waals surface area contributed by atoms with Gasteiger partial charge >= 0.3 is 0 Å². The number of nitrogens with one attached hydrogen (secondary N) is 2. The zero-order valence-corrected chi connectivity index (χ0v) is 26.6. The van der Waals surface area contributed by atoms with Crippen LogP contribution in [0.25, 0.3) is 17.0 Å². The average Bonchev–Trinajstić information content (AvgIpc) is 3.49. The molecule has 2 N–H and O–H groups in total. The third-order valence-corrected chi connectivity index (χ3v) is 7.73. The number of aryl methyl sites for hydroxylation is 2. The van der Waals surface area contributed by atoms with E-state index in [-0.39, 0.29) is 23.9 Å². The Morgan fingerprint density at radius 3 is 2.50 bits per heavy atom. The molecular weight excluding hydrogens is 629 g/mol. The lowest BCUT2D eigenvalue weighted by atomic mass is 10.1. The van der Waals surface area contributed by atoms with Gasteiger partial charge in [0, 0.05) is 47.4 Å². The summed E-state index contributed by atoms with van der Waals surface area (Å²) in [5, 5.41) is 6.89. The number of amides is 3. The molecule has 0 radical (unpaired) electrons. The number of anilines is 2. The number of para-hydroxylation sites is 1. The molecule has 3 amide bonds. The van der Waals surface area contributed by atoms with Crippen LogP contribution in [0.3, 0.4) is 0 Å². The maximum absolute atomic E-state index is 13.0. The van der Waals surface area contributed by atoms with E-state index in [1.165, 1.54) is 17.2 Å². The molecular formula is C34H29Cl2N5O5. The van der Waals surface area contributed by atoms with E-state index in [0.29, 0.717) is 39.2 Å². The van der Waals surface area contributed by atoms with Crippen LogP contribution in [0.1, 0.15) is 33.2 Å². The molecule has 0 spiro atoms. The van der Waals surface area contributed by atoms with Crippen LogP contribution in [0.5, 0.6) is 5.75 Å². The van der Waals surface area contributed by atoms with Crippen molar-refractivity contribution in [3.8, 4) is 5.75 Å². The molecule has 5 rings (SSSR count). The maximum atomic E-state index is 13.0. The molecule has 0 atom stereocenters. The molecule has 12 heteroatoms. The minimum Gasteiger partial charge on any atom is -0.487 e. The Bertz CT molecular complexity index is 1960. The molecule has 0 aliphatic rings. The van der Waals surface area contributed by atoms with Crippen LogP contribution in [-0.2, 0) is 16.2 Å². The summed E-state index contributed by atoms with van der Waals surface area (Å²) in [4.78, 5) is 47.6. The van der Waals surface area contributed by atoms with Gasteiger partial charge in [0.05, 0.1) is 17.3 Å².